The number of unbranched alkanes of at least 4 members (excludes halogenated alkanes) is 1. The molecule has 1 fully saturated rings. The van der Waals surface area contributed by atoms with Crippen molar-refractivity contribution in [3.8, 4) is 0 Å². The summed E-state index contributed by atoms with van der Waals surface area (Å²) in [5.41, 5.74) is 6.72. The van der Waals surface area contributed by atoms with Crippen LogP contribution in [0.3, 0.4) is 0 Å². The van der Waals surface area contributed by atoms with E-state index in [1.807, 2.05) is 12.1 Å². The van der Waals surface area contributed by atoms with Crippen molar-refractivity contribution in [1.82, 2.24) is 0 Å². The van der Waals surface area contributed by atoms with E-state index in [9.17, 15) is 10.1 Å². The molecule has 0 radical (unpaired) electrons. The standard InChI is InChI=1S/C39H46N3O2/c1-6-23-39(4)33-27-31(42(43)44)21-22-34(33)40(5)37(39)20-13-19-36-38(2,3)32-25-29-17-9-10-18-30(29)26-35(32)41(36)24-12-11-16-28-14-7-8-15-28/h6,9-10,13,17-22,25-28H,1,7-8,11-12,14-16,23-24H2,2-5H3/q+1. The van der Waals surface area contributed by atoms with E-state index in [0.29, 0.717) is 6.42 Å². The van der Waals surface area contributed by atoms with Crippen LogP contribution in [0.25, 0.3) is 10.8 Å². The van der Waals surface area contributed by atoms with Gasteiger partial charge in [0.25, 0.3) is 5.69 Å². The maximum atomic E-state index is 11.6. The number of nitro benzene ring substituents is 1. The molecule has 1 aliphatic carbocycles. The average molecular weight is 589 g/mol. The first-order chi connectivity index (χ1) is 21.1. The lowest BCUT2D eigenvalue weighted by atomic mass is 9.78. The van der Waals surface area contributed by atoms with Crippen LogP contribution in [-0.4, -0.2) is 28.8 Å². The summed E-state index contributed by atoms with van der Waals surface area (Å²) in [7, 11) is 2.06. The molecule has 0 saturated heterocycles. The maximum absolute atomic E-state index is 11.6. The molecule has 0 bridgehead atoms. The van der Waals surface area contributed by atoms with E-state index in [1.165, 1.54) is 72.7 Å². The quantitative estimate of drug-likeness (QED) is 0.0779. The van der Waals surface area contributed by atoms with Crippen LogP contribution in [-0.2, 0) is 10.8 Å². The zero-order chi connectivity index (χ0) is 31.1. The fourth-order valence-electron chi connectivity index (χ4n) is 8.14. The number of nitrogens with zero attached hydrogens (tertiary/aromatic N) is 3. The number of hydrogen-bond donors (Lipinski definition) is 0. The van der Waals surface area contributed by atoms with Gasteiger partial charge in [0.2, 0.25) is 5.69 Å². The van der Waals surface area contributed by atoms with E-state index >= 15 is 0 Å². The van der Waals surface area contributed by atoms with E-state index in [1.54, 1.807) is 12.1 Å². The van der Waals surface area contributed by atoms with Crippen LogP contribution in [0, 0.1) is 16.0 Å². The maximum Gasteiger partial charge on any atom is 0.269 e. The number of non-ortho nitro benzene ring substituents is 1. The van der Waals surface area contributed by atoms with Crippen molar-refractivity contribution in [1.29, 1.82) is 0 Å². The molecule has 3 aliphatic rings. The molecule has 3 aromatic rings. The first-order valence-corrected chi connectivity index (χ1v) is 16.4. The normalized spacial score (nSPS) is 22.0. The van der Waals surface area contributed by atoms with Gasteiger partial charge in [-0.05, 0) is 74.1 Å². The minimum Gasteiger partial charge on any atom is -0.347 e. The lowest BCUT2D eigenvalue weighted by Crippen LogP contribution is -2.28. The van der Waals surface area contributed by atoms with Gasteiger partial charge in [0.05, 0.1) is 10.3 Å². The Morgan fingerprint density at radius 2 is 1.75 bits per heavy atom. The Bertz CT molecular complexity index is 1710. The third-order valence-corrected chi connectivity index (χ3v) is 10.6. The highest BCUT2D eigenvalue weighted by molar-refractivity contribution is 6.05. The summed E-state index contributed by atoms with van der Waals surface area (Å²) < 4.78 is 2.57. The Morgan fingerprint density at radius 1 is 1.02 bits per heavy atom. The van der Waals surface area contributed by atoms with E-state index in [4.69, 9.17) is 0 Å². The lowest BCUT2D eigenvalue weighted by Gasteiger charge is -2.27. The second-order valence-corrected chi connectivity index (χ2v) is 13.8. The topological polar surface area (TPSA) is 49.4 Å². The first-order valence-electron chi connectivity index (χ1n) is 16.4. The molecule has 3 aromatic carbocycles. The zero-order valence-corrected chi connectivity index (χ0v) is 26.8. The Labute approximate surface area is 262 Å². The third-order valence-electron chi connectivity index (χ3n) is 10.6. The Morgan fingerprint density at radius 3 is 2.45 bits per heavy atom. The summed E-state index contributed by atoms with van der Waals surface area (Å²) in [6.07, 6.45) is 18.8. The van der Waals surface area contributed by atoms with Gasteiger partial charge < -0.3 is 4.90 Å². The molecule has 6 rings (SSSR count). The van der Waals surface area contributed by atoms with E-state index < -0.39 is 5.41 Å². The van der Waals surface area contributed by atoms with Crippen LogP contribution in [0.1, 0.15) is 83.3 Å². The molecule has 0 spiro atoms. The summed E-state index contributed by atoms with van der Waals surface area (Å²) in [5, 5.41) is 14.2. The van der Waals surface area contributed by atoms with Crippen LogP contribution in [0.2, 0.25) is 0 Å². The number of fused-ring (bicyclic) bond motifs is 3. The monoisotopic (exact) mass is 588 g/mol. The molecule has 2 aliphatic heterocycles. The molecule has 1 unspecified atom stereocenters. The third kappa shape index (κ3) is 5.21. The SMILES string of the molecule is C=CCC1(C)/C(=C\C=C\C2=[N+](CCCCC3CCCC3)c3cc4ccccc4cc3C2(C)C)N(C)c2ccc([N+](=O)[O-])cc21. The summed E-state index contributed by atoms with van der Waals surface area (Å²) in [6.45, 7) is 11.9. The fraction of sp³-hybridized carbons (Fsp3) is 0.410. The second-order valence-electron chi connectivity index (χ2n) is 13.8. The summed E-state index contributed by atoms with van der Waals surface area (Å²) in [5.74, 6) is 0.926. The summed E-state index contributed by atoms with van der Waals surface area (Å²) in [6, 6.07) is 18.7. The van der Waals surface area contributed by atoms with Crippen LogP contribution in [0.5, 0.6) is 0 Å². The summed E-state index contributed by atoms with van der Waals surface area (Å²) >= 11 is 0. The molecule has 5 nitrogen and oxygen atoms in total. The molecule has 228 valence electrons. The van der Waals surface area contributed by atoms with Crippen LogP contribution in [0.4, 0.5) is 17.1 Å². The lowest BCUT2D eigenvalue weighted by molar-refractivity contribution is -0.438. The number of hydrogen-bond acceptors (Lipinski definition) is 3. The largest absolute Gasteiger partial charge is 0.347 e. The molecular formula is C39H46N3O2+. The highest BCUT2D eigenvalue weighted by Gasteiger charge is 2.45. The molecule has 1 saturated carbocycles. The zero-order valence-electron chi connectivity index (χ0n) is 26.8. The van der Waals surface area contributed by atoms with Crippen molar-refractivity contribution in [3.05, 3.63) is 112 Å². The predicted molar refractivity (Wildman–Crippen MR) is 183 cm³/mol. The van der Waals surface area contributed by atoms with Gasteiger partial charge in [-0.2, -0.15) is 4.58 Å². The van der Waals surface area contributed by atoms with Crippen molar-refractivity contribution in [2.24, 2.45) is 5.92 Å². The van der Waals surface area contributed by atoms with Crippen molar-refractivity contribution in [2.75, 3.05) is 18.5 Å². The van der Waals surface area contributed by atoms with E-state index in [-0.39, 0.29) is 16.0 Å². The number of likely N-dealkylation sites (N-methyl/N-ethyl adjacent to an activating group) is 1. The molecule has 0 aromatic heterocycles. The minimum atomic E-state index is -0.404. The molecule has 0 N–H and O–H groups in total. The Balaban J connectivity index is 1.37. The number of anilines is 1. The molecule has 44 heavy (non-hydrogen) atoms. The number of rotatable bonds is 10. The van der Waals surface area contributed by atoms with E-state index in [2.05, 4.69) is 98.5 Å². The van der Waals surface area contributed by atoms with Gasteiger partial charge in [-0.25, -0.2) is 0 Å². The van der Waals surface area contributed by atoms with Crippen LogP contribution in [0.15, 0.2) is 91.2 Å². The molecular weight excluding hydrogens is 542 g/mol. The average Bonchev–Trinajstić information content (AvgIpc) is 3.65. The number of allylic oxidation sites excluding steroid dienone is 5. The molecule has 1 atom stereocenters. The van der Waals surface area contributed by atoms with Crippen LogP contribution < -0.4 is 4.90 Å². The highest BCUT2D eigenvalue weighted by Crippen LogP contribution is 2.50. The van der Waals surface area contributed by atoms with Gasteiger partial charge in [-0.3, -0.25) is 10.1 Å². The predicted octanol–water partition coefficient (Wildman–Crippen LogP) is 9.91. The van der Waals surface area contributed by atoms with Gasteiger partial charge in [-0.1, -0.05) is 68.5 Å². The van der Waals surface area contributed by atoms with Gasteiger partial charge in [0, 0.05) is 60.1 Å². The summed E-state index contributed by atoms with van der Waals surface area (Å²) in [4.78, 5) is 13.5. The fourth-order valence-corrected chi connectivity index (χ4v) is 8.14. The Hall–Kier alpha value is -3.99. The first kappa shape index (κ1) is 30.1. The van der Waals surface area contributed by atoms with Crippen molar-refractivity contribution >= 4 is 33.5 Å². The van der Waals surface area contributed by atoms with Crippen LogP contribution >= 0.6 is 0 Å². The molecule has 5 heteroatoms. The number of benzene rings is 3. The van der Waals surface area contributed by atoms with Crippen molar-refractivity contribution < 1.29 is 9.50 Å². The van der Waals surface area contributed by atoms with Gasteiger partial charge in [0.1, 0.15) is 6.54 Å². The highest BCUT2D eigenvalue weighted by atomic mass is 16.6. The van der Waals surface area contributed by atoms with Crippen molar-refractivity contribution in [2.45, 2.75) is 83.0 Å². The molecule has 0 amide bonds. The van der Waals surface area contributed by atoms with E-state index in [0.717, 1.165) is 29.4 Å². The minimum absolute atomic E-state index is 0.126. The molecule has 2 heterocycles. The van der Waals surface area contributed by atoms with Gasteiger partial charge in [-0.15, -0.1) is 6.58 Å². The van der Waals surface area contributed by atoms with Crippen molar-refractivity contribution in [3.63, 3.8) is 0 Å². The van der Waals surface area contributed by atoms with Gasteiger partial charge in [0.15, 0.2) is 5.71 Å². The number of nitro groups is 1. The van der Waals surface area contributed by atoms with Gasteiger partial charge >= 0.3 is 0 Å². The Kier molecular flexibility index (Phi) is 8.08. The smallest absolute Gasteiger partial charge is 0.269 e. The second kappa shape index (κ2) is 11.8.